The summed E-state index contributed by atoms with van der Waals surface area (Å²) in [5.41, 5.74) is 12.0. The Hall–Kier alpha value is -3.64. The van der Waals surface area contributed by atoms with Crippen molar-refractivity contribution < 1.29 is 33.3 Å². The first kappa shape index (κ1) is 30.6. The topological polar surface area (TPSA) is 198 Å². The summed E-state index contributed by atoms with van der Waals surface area (Å²) in [5, 5.41) is 3.72. The summed E-state index contributed by atoms with van der Waals surface area (Å²) in [4.78, 5) is 57.0. The second-order valence-electron chi connectivity index (χ2n) is 8.92. The summed E-state index contributed by atoms with van der Waals surface area (Å²) < 4.78 is 23.7. The number of rotatable bonds is 15. The molecule has 0 radical (unpaired) electrons. The minimum absolute atomic E-state index is 0.0280. The predicted molar refractivity (Wildman–Crippen MR) is 134 cm³/mol. The number of unbranched alkanes of at least 4 members (excludes halogenated alkanes) is 3. The molecule has 0 amide bonds. The monoisotopic (exact) mass is 536 g/mol. The van der Waals surface area contributed by atoms with Crippen molar-refractivity contribution >= 4 is 23.7 Å². The first-order valence-electron chi connectivity index (χ1n) is 12.8. The molecule has 0 spiro atoms. The molecule has 2 rings (SSSR count). The normalized spacial score (nSPS) is 22.3. The number of nitrogens with zero attached hydrogens (tertiary/aromatic N) is 5. The molecule has 1 aliphatic rings. The van der Waals surface area contributed by atoms with Crippen LogP contribution < -0.4 is 11.4 Å². The van der Waals surface area contributed by atoms with Gasteiger partial charge in [0.05, 0.1) is 0 Å². The summed E-state index contributed by atoms with van der Waals surface area (Å²) in [6.07, 6.45) is 0.792. The van der Waals surface area contributed by atoms with Crippen molar-refractivity contribution in [3.05, 3.63) is 33.2 Å². The SMILES string of the molecule is CCCCC(=O)OC[C@@]1(N=[N+]=[N-])O[C@@H](n2ccc(N)nc2=O)[C@@H](OC(=O)CCCC)[C@@H]1OC(=O)CCCC. The molecular weight excluding hydrogens is 500 g/mol. The maximum atomic E-state index is 12.7. The van der Waals surface area contributed by atoms with Gasteiger partial charge in [0.15, 0.2) is 18.4 Å². The maximum absolute atomic E-state index is 12.7. The molecule has 1 saturated heterocycles. The zero-order valence-corrected chi connectivity index (χ0v) is 22.0. The number of hydrogen-bond acceptors (Lipinski definition) is 11. The lowest BCUT2D eigenvalue weighted by molar-refractivity contribution is -0.179. The van der Waals surface area contributed by atoms with Crippen molar-refractivity contribution in [3.63, 3.8) is 0 Å². The van der Waals surface area contributed by atoms with Crippen molar-refractivity contribution in [1.29, 1.82) is 0 Å². The number of nitrogens with two attached hydrogens (primary N) is 1. The summed E-state index contributed by atoms with van der Waals surface area (Å²) in [6, 6.07) is 1.32. The molecule has 14 heteroatoms. The van der Waals surface area contributed by atoms with Gasteiger partial charge in [0.1, 0.15) is 12.4 Å². The minimum Gasteiger partial charge on any atom is -0.462 e. The lowest BCUT2D eigenvalue weighted by Crippen LogP contribution is -2.49. The van der Waals surface area contributed by atoms with Crippen molar-refractivity contribution in [2.24, 2.45) is 5.11 Å². The molecule has 2 N–H and O–H groups in total. The van der Waals surface area contributed by atoms with Crippen molar-refractivity contribution in [2.45, 2.75) is 103 Å². The van der Waals surface area contributed by atoms with E-state index < -0.39 is 54.4 Å². The second kappa shape index (κ2) is 14.9. The molecule has 0 bridgehead atoms. The smallest absolute Gasteiger partial charge is 0.351 e. The molecule has 1 aromatic rings. The third kappa shape index (κ3) is 8.18. The van der Waals surface area contributed by atoms with Crippen LogP contribution in [0.15, 0.2) is 22.2 Å². The van der Waals surface area contributed by atoms with E-state index >= 15 is 0 Å². The molecule has 0 unspecified atom stereocenters. The van der Waals surface area contributed by atoms with Crippen LogP contribution in [0.4, 0.5) is 5.82 Å². The largest absolute Gasteiger partial charge is 0.462 e. The Morgan fingerprint density at radius 1 is 1.08 bits per heavy atom. The number of azide groups is 1. The number of nitrogen functional groups attached to an aromatic ring is 1. The minimum atomic E-state index is -2.14. The van der Waals surface area contributed by atoms with E-state index in [4.69, 9.17) is 24.7 Å². The van der Waals surface area contributed by atoms with Gasteiger partial charge < -0.3 is 24.7 Å². The van der Waals surface area contributed by atoms with Crippen molar-refractivity contribution in [3.8, 4) is 0 Å². The third-order valence-electron chi connectivity index (χ3n) is 5.86. The van der Waals surface area contributed by atoms with E-state index in [1.807, 2.05) is 20.8 Å². The summed E-state index contributed by atoms with van der Waals surface area (Å²) in [7, 11) is 0. The molecular formula is C24H36N6O8. The highest BCUT2D eigenvalue weighted by atomic mass is 16.7. The average Bonchev–Trinajstić information content (AvgIpc) is 3.16. The zero-order valence-electron chi connectivity index (χ0n) is 22.0. The Morgan fingerprint density at radius 3 is 2.21 bits per heavy atom. The van der Waals surface area contributed by atoms with Gasteiger partial charge in [0, 0.05) is 30.4 Å². The molecule has 1 fully saturated rings. The summed E-state index contributed by atoms with van der Waals surface area (Å²) in [6.45, 7) is 5.04. The van der Waals surface area contributed by atoms with Gasteiger partial charge in [-0.2, -0.15) is 4.98 Å². The highest BCUT2D eigenvalue weighted by Gasteiger charge is 2.61. The molecule has 0 saturated carbocycles. The highest BCUT2D eigenvalue weighted by Crippen LogP contribution is 2.42. The van der Waals surface area contributed by atoms with E-state index in [0.717, 1.165) is 11.0 Å². The van der Waals surface area contributed by atoms with Crippen LogP contribution >= 0.6 is 0 Å². The lowest BCUT2D eigenvalue weighted by atomic mass is 10.0. The number of aromatic nitrogens is 2. The number of carbonyl (C=O) groups is 3. The van der Waals surface area contributed by atoms with Gasteiger partial charge in [-0.25, -0.2) is 4.79 Å². The van der Waals surface area contributed by atoms with Crippen LogP contribution in [-0.4, -0.2) is 52.0 Å². The Labute approximate surface area is 220 Å². The van der Waals surface area contributed by atoms with Crippen LogP contribution in [0.25, 0.3) is 10.4 Å². The van der Waals surface area contributed by atoms with Crippen LogP contribution in [-0.2, 0) is 33.3 Å². The van der Waals surface area contributed by atoms with E-state index in [2.05, 4.69) is 15.0 Å². The van der Waals surface area contributed by atoms with Crippen molar-refractivity contribution in [1.82, 2.24) is 9.55 Å². The predicted octanol–water partition coefficient (Wildman–Crippen LogP) is 3.30. The average molecular weight is 537 g/mol. The standard InChI is InChI=1S/C24H36N6O8/c1-4-7-10-17(31)35-15-24(28-29-26)21(37-19(33)12-9-6-3)20(36-18(32)11-8-5-2)22(38-24)30-14-13-16(25)27-23(30)34/h13-14,20-22H,4-12,15H2,1-3H3,(H2,25,27,34)/t20-,21-,22+,24+/m0/s1. The molecule has 14 nitrogen and oxygen atoms in total. The fourth-order valence-electron chi connectivity index (χ4n) is 3.80. The number of anilines is 1. The fourth-order valence-corrected chi connectivity index (χ4v) is 3.80. The van der Waals surface area contributed by atoms with E-state index in [0.29, 0.717) is 32.1 Å². The quantitative estimate of drug-likeness (QED) is 0.114. The molecule has 2 heterocycles. The number of esters is 3. The van der Waals surface area contributed by atoms with Crippen LogP contribution in [0.2, 0.25) is 0 Å². The van der Waals surface area contributed by atoms with Crippen LogP contribution in [0.3, 0.4) is 0 Å². The van der Waals surface area contributed by atoms with Gasteiger partial charge in [-0.1, -0.05) is 45.1 Å². The van der Waals surface area contributed by atoms with E-state index in [1.165, 1.54) is 12.3 Å². The van der Waals surface area contributed by atoms with Crippen LogP contribution in [0.1, 0.15) is 84.8 Å². The van der Waals surface area contributed by atoms with E-state index in [9.17, 15) is 24.7 Å². The maximum Gasteiger partial charge on any atom is 0.351 e. The van der Waals surface area contributed by atoms with Gasteiger partial charge in [0.2, 0.25) is 5.72 Å². The molecule has 0 aromatic carbocycles. The lowest BCUT2D eigenvalue weighted by Gasteiger charge is -2.29. The first-order chi connectivity index (χ1) is 18.2. The van der Waals surface area contributed by atoms with E-state index in [1.54, 1.807) is 0 Å². The zero-order chi connectivity index (χ0) is 28.1. The number of hydrogen-bond donors (Lipinski definition) is 1. The Balaban J connectivity index is 2.58. The van der Waals surface area contributed by atoms with Crippen LogP contribution in [0.5, 0.6) is 0 Å². The molecule has 1 aliphatic heterocycles. The summed E-state index contributed by atoms with van der Waals surface area (Å²) in [5.74, 6) is -1.97. The van der Waals surface area contributed by atoms with E-state index in [-0.39, 0.29) is 25.1 Å². The Bertz CT molecular complexity index is 1070. The van der Waals surface area contributed by atoms with Crippen LogP contribution in [0, 0.1) is 0 Å². The number of carbonyl (C=O) groups excluding carboxylic acids is 3. The van der Waals surface area contributed by atoms with Gasteiger partial charge in [-0.3, -0.25) is 19.0 Å². The molecule has 38 heavy (non-hydrogen) atoms. The molecule has 1 aromatic heterocycles. The first-order valence-corrected chi connectivity index (χ1v) is 12.8. The van der Waals surface area contributed by atoms with Gasteiger partial charge >= 0.3 is 23.6 Å². The van der Waals surface area contributed by atoms with Gasteiger partial charge in [0.25, 0.3) is 0 Å². The third-order valence-corrected chi connectivity index (χ3v) is 5.86. The second-order valence-corrected chi connectivity index (χ2v) is 8.92. The molecule has 4 atom stereocenters. The van der Waals surface area contributed by atoms with Crippen molar-refractivity contribution in [2.75, 3.05) is 12.3 Å². The van der Waals surface area contributed by atoms with Gasteiger partial charge in [-0.15, -0.1) is 0 Å². The van der Waals surface area contributed by atoms with Gasteiger partial charge in [-0.05, 0) is 30.9 Å². The fraction of sp³-hybridized carbons (Fsp3) is 0.708. The molecule has 0 aliphatic carbocycles. The highest BCUT2D eigenvalue weighted by molar-refractivity contribution is 5.71. The Kier molecular flexibility index (Phi) is 12.0. The summed E-state index contributed by atoms with van der Waals surface area (Å²) >= 11 is 0. The molecule has 210 valence electrons. The number of ether oxygens (including phenoxy) is 4. The Morgan fingerprint density at radius 2 is 1.66 bits per heavy atom.